The summed E-state index contributed by atoms with van der Waals surface area (Å²) in [4.78, 5) is 0. The van der Waals surface area contributed by atoms with E-state index in [0.29, 0.717) is 17.8 Å². The second-order valence-corrected chi connectivity index (χ2v) is 8.82. The highest BCUT2D eigenvalue weighted by atomic mass is 16.7. The van der Waals surface area contributed by atoms with Crippen molar-refractivity contribution in [2.75, 3.05) is 21.3 Å². The van der Waals surface area contributed by atoms with Crippen LogP contribution in [0.3, 0.4) is 0 Å². The molecule has 1 saturated heterocycles. The van der Waals surface area contributed by atoms with E-state index >= 15 is 0 Å². The van der Waals surface area contributed by atoms with E-state index < -0.39 is 0 Å². The van der Waals surface area contributed by atoms with Gasteiger partial charge in [0, 0.05) is 33.7 Å². The summed E-state index contributed by atoms with van der Waals surface area (Å²) in [7, 11) is 5.20. The van der Waals surface area contributed by atoms with Gasteiger partial charge in [-0.05, 0) is 49.5 Å². The van der Waals surface area contributed by atoms with Gasteiger partial charge in [0.15, 0.2) is 6.29 Å². The highest BCUT2D eigenvalue weighted by molar-refractivity contribution is 5.17. The van der Waals surface area contributed by atoms with Crippen molar-refractivity contribution in [3.05, 3.63) is 23.8 Å². The quantitative estimate of drug-likeness (QED) is 0.513. The fourth-order valence-electron chi connectivity index (χ4n) is 4.83. The largest absolute Gasteiger partial charge is 0.392 e. The van der Waals surface area contributed by atoms with Crippen LogP contribution in [-0.4, -0.2) is 57.1 Å². The van der Waals surface area contributed by atoms with Gasteiger partial charge in [-0.3, -0.25) is 0 Å². The first-order valence-corrected chi connectivity index (χ1v) is 11.1. The molecule has 1 aliphatic heterocycles. The fourth-order valence-corrected chi connectivity index (χ4v) is 4.83. The number of aliphatic hydroxyl groups excluding tert-OH is 1. The summed E-state index contributed by atoms with van der Waals surface area (Å²) >= 11 is 0. The summed E-state index contributed by atoms with van der Waals surface area (Å²) in [5.41, 5.74) is 1.11. The Morgan fingerprint density at radius 2 is 1.86 bits per heavy atom. The van der Waals surface area contributed by atoms with Gasteiger partial charge in [0.05, 0.1) is 18.3 Å². The monoisotopic (exact) mass is 410 g/mol. The molecule has 0 aromatic heterocycles. The van der Waals surface area contributed by atoms with Crippen molar-refractivity contribution in [1.82, 2.24) is 0 Å². The van der Waals surface area contributed by atoms with Crippen molar-refractivity contribution in [3.63, 3.8) is 0 Å². The van der Waals surface area contributed by atoms with E-state index in [2.05, 4.69) is 39.8 Å². The molecule has 168 valence electrons. The molecule has 2 fully saturated rings. The standard InChI is InChI=1S/C24H42O5/c1-8-20(26-5)17(4)18-14-19(18)23(25)15(2)10-9-11-16(3)24-21(27-6)12-13-22(28-7)29-24/h9-11,15,17-25H,8,12-14H2,1-7H3/b10-9+,16-11+/t15-,17-,18+,19-,20-,21+,22+,23+,24+/m0/s1. The lowest BCUT2D eigenvalue weighted by Gasteiger charge is -2.35. The molecule has 0 amide bonds. The molecule has 29 heavy (non-hydrogen) atoms. The van der Waals surface area contributed by atoms with Gasteiger partial charge in [-0.2, -0.15) is 0 Å². The van der Waals surface area contributed by atoms with Gasteiger partial charge in [0.1, 0.15) is 6.10 Å². The maximum absolute atomic E-state index is 10.8. The Morgan fingerprint density at radius 1 is 1.14 bits per heavy atom. The summed E-state index contributed by atoms with van der Waals surface area (Å²) in [5.74, 6) is 1.54. The Morgan fingerprint density at radius 3 is 2.45 bits per heavy atom. The Kier molecular flexibility index (Phi) is 9.83. The first-order valence-electron chi connectivity index (χ1n) is 11.1. The van der Waals surface area contributed by atoms with Crippen molar-refractivity contribution in [3.8, 4) is 0 Å². The third-order valence-corrected chi connectivity index (χ3v) is 6.95. The predicted molar refractivity (Wildman–Crippen MR) is 116 cm³/mol. The second-order valence-electron chi connectivity index (χ2n) is 8.82. The van der Waals surface area contributed by atoms with Gasteiger partial charge >= 0.3 is 0 Å². The van der Waals surface area contributed by atoms with Gasteiger partial charge in [0.2, 0.25) is 0 Å². The third-order valence-electron chi connectivity index (χ3n) is 6.95. The maximum atomic E-state index is 10.8. The lowest BCUT2D eigenvalue weighted by Crippen LogP contribution is -2.41. The van der Waals surface area contributed by atoms with Crippen molar-refractivity contribution in [2.45, 2.75) is 84.1 Å². The number of hydrogen-bond donors (Lipinski definition) is 1. The van der Waals surface area contributed by atoms with Crippen LogP contribution >= 0.6 is 0 Å². The molecule has 9 atom stereocenters. The SMILES string of the molecule is CC[C@H](OC)[C@@H](C)[C@H]1C[C@@H]1[C@H](O)[C@@H](C)/C=C/C=C(\C)[C@H]1O[C@@H](OC)CC[C@H]1OC. The van der Waals surface area contributed by atoms with Crippen molar-refractivity contribution >= 4 is 0 Å². The zero-order chi connectivity index (χ0) is 21.6. The summed E-state index contributed by atoms with van der Waals surface area (Å²) in [6.07, 6.45) is 9.85. The molecule has 5 heteroatoms. The number of ether oxygens (including phenoxy) is 4. The molecule has 2 aliphatic rings. The van der Waals surface area contributed by atoms with Gasteiger partial charge in [-0.15, -0.1) is 0 Å². The van der Waals surface area contributed by atoms with Crippen LogP contribution in [0.1, 0.15) is 53.4 Å². The highest BCUT2D eigenvalue weighted by Crippen LogP contribution is 2.49. The van der Waals surface area contributed by atoms with Crippen molar-refractivity contribution in [2.24, 2.45) is 23.7 Å². The third kappa shape index (κ3) is 6.38. The molecular formula is C24H42O5. The average Bonchev–Trinajstić information content (AvgIpc) is 3.54. The van der Waals surface area contributed by atoms with Crippen LogP contribution in [0.4, 0.5) is 0 Å². The van der Waals surface area contributed by atoms with Gasteiger partial charge < -0.3 is 24.1 Å². The molecule has 1 aliphatic carbocycles. The summed E-state index contributed by atoms with van der Waals surface area (Å²) in [5, 5.41) is 10.8. The van der Waals surface area contributed by atoms with E-state index in [4.69, 9.17) is 18.9 Å². The first kappa shape index (κ1) is 24.5. The average molecular weight is 411 g/mol. The molecule has 5 nitrogen and oxygen atoms in total. The summed E-state index contributed by atoms with van der Waals surface area (Å²) < 4.78 is 22.6. The molecule has 0 bridgehead atoms. The molecule has 0 unspecified atom stereocenters. The minimum atomic E-state index is -0.308. The Bertz CT molecular complexity index is 541. The smallest absolute Gasteiger partial charge is 0.158 e. The van der Waals surface area contributed by atoms with Crippen LogP contribution in [0.5, 0.6) is 0 Å². The molecule has 0 aromatic rings. The van der Waals surface area contributed by atoms with Gasteiger partial charge in [-0.25, -0.2) is 0 Å². The first-order chi connectivity index (χ1) is 13.9. The molecular weight excluding hydrogens is 368 g/mol. The fraction of sp³-hybridized carbons (Fsp3) is 0.833. The van der Waals surface area contributed by atoms with E-state index in [1.54, 1.807) is 21.3 Å². The zero-order valence-corrected chi connectivity index (χ0v) is 19.3. The number of hydrogen-bond acceptors (Lipinski definition) is 5. The van der Waals surface area contributed by atoms with Crippen LogP contribution in [-0.2, 0) is 18.9 Å². The molecule has 0 spiro atoms. The number of rotatable bonds is 11. The van der Waals surface area contributed by atoms with Crippen molar-refractivity contribution in [1.29, 1.82) is 0 Å². The van der Waals surface area contributed by atoms with E-state index in [0.717, 1.165) is 31.3 Å². The molecule has 2 rings (SSSR count). The number of allylic oxidation sites excluding steroid dienone is 2. The minimum absolute atomic E-state index is 0.0510. The van der Waals surface area contributed by atoms with Crippen LogP contribution in [0.25, 0.3) is 0 Å². The molecule has 0 radical (unpaired) electrons. The van der Waals surface area contributed by atoms with Crippen LogP contribution in [0.2, 0.25) is 0 Å². The molecule has 1 saturated carbocycles. The Balaban J connectivity index is 1.90. The molecule has 0 aromatic carbocycles. The van der Waals surface area contributed by atoms with Crippen LogP contribution in [0, 0.1) is 23.7 Å². The summed E-state index contributed by atoms with van der Waals surface area (Å²) in [6.45, 7) is 8.57. The summed E-state index contributed by atoms with van der Waals surface area (Å²) in [6, 6.07) is 0. The number of aliphatic hydroxyl groups is 1. The van der Waals surface area contributed by atoms with Crippen LogP contribution in [0.15, 0.2) is 23.8 Å². The van der Waals surface area contributed by atoms with E-state index in [1.165, 1.54) is 0 Å². The van der Waals surface area contributed by atoms with Crippen LogP contribution < -0.4 is 0 Å². The van der Waals surface area contributed by atoms with Crippen molar-refractivity contribution < 1.29 is 24.1 Å². The predicted octanol–water partition coefficient (Wildman–Crippen LogP) is 4.35. The van der Waals surface area contributed by atoms with E-state index in [9.17, 15) is 5.11 Å². The second kappa shape index (κ2) is 11.6. The lowest BCUT2D eigenvalue weighted by molar-refractivity contribution is -0.205. The Hall–Kier alpha value is -0.720. The molecule has 1 heterocycles. The maximum Gasteiger partial charge on any atom is 0.158 e. The highest BCUT2D eigenvalue weighted by Gasteiger charge is 2.48. The Labute approximate surface area is 177 Å². The molecule has 1 N–H and O–H groups in total. The van der Waals surface area contributed by atoms with Gasteiger partial charge in [-0.1, -0.05) is 39.0 Å². The topological polar surface area (TPSA) is 57.2 Å². The lowest BCUT2D eigenvalue weighted by atomic mass is 9.91. The van der Waals surface area contributed by atoms with E-state index in [-0.39, 0.29) is 36.6 Å². The number of methoxy groups -OCH3 is 3. The minimum Gasteiger partial charge on any atom is -0.392 e. The van der Waals surface area contributed by atoms with Gasteiger partial charge in [0.25, 0.3) is 0 Å². The zero-order valence-electron chi connectivity index (χ0n) is 19.3. The normalized spacial score (nSPS) is 34.8. The van der Waals surface area contributed by atoms with E-state index in [1.807, 2.05) is 6.08 Å².